The first-order valence-corrected chi connectivity index (χ1v) is 11.2. The predicted molar refractivity (Wildman–Crippen MR) is 102 cm³/mol. The quantitative estimate of drug-likeness (QED) is 0.702. The Morgan fingerprint density at radius 3 is 2.74 bits per heavy atom. The molecule has 27 heavy (non-hydrogen) atoms. The summed E-state index contributed by atoms with van der Waals surface area (Å²) in [6.07, 6.45) is 3.04. The van der Waals surface area contributed by atoms with Crippen LogP contribution in [-0.2, 0) is 30.9 Å². The Morgan fingerprint density at radius 2 is 2.04 bits per heavy atom. The molecule has 1 aliphatic rings. The van der Waals surface area contributed by atoms with Crippen LogP contribution in [0.25, 0.3) is 10.2 Å². The van der Waals surface area contributed by atoms with E-state index in [-0.39, 0.29) is 6.54 Å². The number of aromatic nitrogens is 1. The van der Waals surface area contributed by atoms with E-state index in [4.69, 9.17) is 4.74 Å². The number of hydrogen-bond donors (Lipinski definition) is 0. The van der Waals surface area contributed by atoms with Crippen LogP contribution in [0.1, 0.15) is 19.3 Å². The van der Waals surface area contributed by atoms with Crippen molar-refractivity contribution in [3.63, 3.8) is 0 Å². The third-order valence-corrected chi connectivity index (χ3v) is 6.82. The van der Waals surface area contributed by atoms with Gasteiger partial charge in [0.2, 0.25) is 10.0 Å². The second-order valence-electron chi connectivity index (χ2n) is 6.35. The van der Waals surface area contributed by atoms with Crippen LogP contribution in [0.3, 0.4) is 0 Å². The molecule has 1 amide bonds. The number of thiazole rings is 1. The fraction of sp³-hybridized carbons (Fsp3) is 0.471. The third-order valence-electron chi connectivity index (χ3n) is 4.47. The van der Waals surface area contributed by atoms with Crippen molar-refractivity contribution in [2.45, 2.75) is 31.8 Å². The molecule has 8 nitrogen and oxygen atoms in total. The van der Waals surface area contributed by atoms with E-state index >= 15 is 0 Å². The Balaban J connectivity index is 2.05. The van der Waals surface area contributed by atoms with Crippen LogP contribution in [0.2, 0.25) is 0 Å². The van der Waals surface area contributed by atoms with Crippen molar-refractivity contribution in [1.82, 2.24) is 8.87 Å². The Hall–Kier alpha value is -2.04. The number of piperidine rings is 1. The van der Waals surface area contributed by atoms with E-state index in [0.717, 1.165) is 29.3 Å². The van der Waals surface area contributed by atoms with Gasteiger partial charge in [-0.25, -0.2) is 8.42 Å². The van der Waals surface area contributed by atoms with Gasteiger partial charge in [-0.15, -0.1) is 0 Å². The summed E-state index contributed by atoms with van der Waals surface area (Å²) in [6.45, 7) is 0.242. The molecular formula is C17H21N3O5S2. The highest BCUT2D eigenvalue weighted by atomic mass is 32.2. The fourth-order valence-electron chi connectivity index (χ4n) is 3.17. The van der Waals surface area contributed by atoms with Gasteiger partial charge in [0, 0.05) is 6.54 Å². The number of fused-ring (bicyclic) bond motifs is 1. The Labute approximate surface area is 161 Å². The minimum Gasteiger partial charge on any atom is -0.468 e. The summed E-state index contributed by atoms with van der Waals surface area (Å²) in [6, 6.07) is 6.61. The molecule has 1 atom stereocenters. The zero-order valence-electron chi connectivity index (χ0n) is 15.1. The summed E-state index contributed by atoms with van der Waals surface area (Å²) < 4.78 is 32.5. The van der Waals surface area contributed by atoms with E-state index in [0.29, 0.717) is 17.8 Å². The van der Waals surface area contributed by atoms with E-state index in [1.165, 1.54) is 22.8 Å². The smallest absolute Gasteiger partial charge is 0.325 e. The van der Waals surface area contributed by atoms with Crippen LogP contribution in [0.5, 0.6) is 0 Å². The second-order valence-corrected chi connectivity index (χ2v) is 9.29. The molecule has 1 unspecified atom stereocenters. The van der Waals surface area contributed by atoms with Crippen molar-refractivity contribution < 1.29 is 22.7 Å². The van der Waals surface area contributed by atoms with Gasteiger partial charge in [0.1, 0.15) is 12.6 Å². The first kappa shape index (κ1) is 19.7. The second kappa shape index (κ2) is 7.91. The normalized spacial score (nSPS) is 19.3. The molecule has 0 radical (unpaired) electrons. The molecule has 0 bridgehead atoms. The van der Waals surface area contributed by atoms with E-state index in [2.05, 4.69) is 4.99 Å². The molecule has 1 fully saturated rings. The van der Waals surface area contributed by atoms with Crippen molar-refractivity contribution in [3.8, 4) is 0 Å². The van der Waals surface area contributed by atoms with Crippen LogP contribution < -0.4 is 4.80 Å². The number of rotatable bonds is 4. The lowest BCUT2D eigenvalue weighted by Crippen LogP contribution is -2.47. The Bertz CT molecular complexity index is 1040. The topological polar surface area (TPSA) is 98.0 Å². The van der Waals surface area contributed by atoms with E-state index in [1.807, 2.05) is 24.3 Å². The number of methoxy groups -OCH3 is 1. The maximum Gasteiger partial charge on any atom is 0.325 e. The van der Waals surface area contributed by atoms with Crippen LogP contribution in [0.15, 0.2) is 29.3 Å². The van der Waals surface area contributed by atoms with Crippen molar-refractivity contribution in [2.75, 3.05) is 19.9 Å². The molecule has 2 heterocycles. The van der Waals surface area contributed by atoms with Gasteiger partial charge in [0.05, 0.1) is 23.6 Å². The first-order valence-electron chi connectivity index (χ1n) is 8.52. The lowest BCUT2D eigenvalue weighted by molar-refractivity contribution is -0.141. The molecule has 0 saturated carbocycles. The number of nitrogens with zero attached hydrogens (tertiary/aromatic N) is 3. The maximum absolute atomic E-state index is 12.8. The average Bonchev–Trinajstić information content (AvgIpc) is 2.98. The SMILES string of the molecule is COC(=O)Cn1c(=NC(=O)C2CCCCN2S(C)(=O)=O)sc2ccccc21. The molecule has 10 heteroatoms. The van der Waals surface area contributed by atoms with Gasteiger partial charge in [-0.2, -0.15) is 9.30 Å². The number of para-hydroxylation sites is 1. The molecule has 1 saturated heterocycles. The van der Waals surface area contributed by atoms with Gasteiger partial charge in [-0.1, -0.05) is 29.9 Å². The van der Waals surface area contributed by atoms with Crippen molar-refractivity contribution in [3.05, 3.63) is 29.1 Å². The summed E-state index contributed by atoms with van der Waals surface area (Å²) in [5, 5.41) is 0. The standard InChI is InChI=1S/C17H21N3O5S2/c1-25-15(21)11-19-12-7-3-4-9-14(12)26-17(19)18-16(22)13-8-5-6-10-20(13)27(2,23)24/h3-4,7,9,13H,5-6,8,10-11H2,1-2H3. The van der Waals surface area contributed by atoms with Crippen LogP contribution in [0.4, 0.5) is 0 Å². The first-order chi connectivity index (χ1) is 12.8. The van der Waals surface area contributed by atoms with Gasteiger partial charge >= 0.3 is 5.97 Å². The molecule has 0 aliphatic carbocycles. The van der Waals surface area contributed by atoms with E-state index in [9.17, 15) is 18.0 Å². The Kier molecular flexibility index (Phi) is 5.78. The minimum atomic E-state index is -3.50. The molecule has 0 N–H and O–H groups in total. The number of benzene rings is 1. The third kappa shape index (κ3) is 4.28. The highest BCUT2D eigenvalue weighted by Crippen LogP contribution is 2.21. The number of ether oxygens (including phenoxy) is 1. The van der Waals surface area contributed by atoms with E-state index < -0.39 is 27.9 Å². The van der Waals surface area contributed by atoms with Gasteiger partial charge in [-0.05, 0) is 25.0 Å². The maximum atomic E-state index is 12.8. The van der Waals surface area contributed by atoms with E-state index in [1.54, 1.807) is 4.57 Å². The molecule has 0 spiro atoms. The molecule has 1 aromatic heterocycles. The summed E-state index contributed by atoms with van der Waals surface area (Å²) >= 11 is 1.28. The number of esters is 1. The lowest BCUT2D eigenvalue weighted by atomic mass is 10.0. The summed E-state index contributed by atoms with van der Waals surface area (Å²) in [4.78, 5) is 29.2. The summed E-state index contributed by atoms with van der Waals surface area (Å²) in [5.74, 6) is -0.965. The summed E-state index contributed by atoms with van der Waals surface area (Å²) in [7, 11) is -2.20. The zero-order valence-corrected chi connectivity index (χ0v) is 16.8. The van der Waals surface area contributed by atoms with Crippen LogP contribution >= 0.6 is 11.3 Å². The largest absolute Gasteiger partial charge is 0.468 e. The molecule has 1 aromatic carbocycles. The fourth-order valence-corrected chi connectivity index (χ4v) is 5.32. The number of carbonyl (C=O) groups is 2. The molecule has 2 aromatic rings. The molecule has 1 aliphatic heterocycles. The zero-order chi connectivity index (χ0) is 19.6. The molecule has 146 valence electrons. The highest BCUT2D eigenvalue weighted by Gasteiger charge is 2.34. The minimum absolute atomic E-state index is 0.0763. The number of sulfonamides is 1. The van der Waals surface area contributed by atoms with Gasteiger partial charge in [0.15, 0.2) is 4.80 Å². The van der Waals surface area contributed by atoms with Gasteiger partial charge in [-0.3, -0.25) is 9.59 Å². The lowest BCUT2D eigenvalue weighted by Gasteiger charge is -2.31. The molecular weight excluding hydrogens is 390 g/mol. The van der Waals surface area contributed by atoms with Gasteiger partial charge in [0.25, 0.3) is 5.91 Å². The number of carbonyl (C=O) groups excluding carboxylic acids is 2. The van der Waals surface area contributed by atoms with Crippen molar-refractivity contribution in [2.24, 2.45) is 4.99 Å². The average molecular weight is 412 g/mol. The number of amides is 1. The number of hydrogen-bond acceptors (Lipinski definition) is 6. The monoisotopic (exact) mass is 411 g/mol. The Morgan fingerprint density at radius 1 is 1.30 bits per heavy atom. The predicted octanol–water partition coefficient (Wildman–Crippen LogP) is 1.12. The van der Waals surface area contributed by atoms with Crippen LogP contribution in [0, 0.1) is 0 Å². The molecule has 3 rings (SSSR count). The highest BCUT2D eigenvalue weighted by molar-refractivity contribution is 7.88. The van der Waals surface area contributed by atoms with Gasteiger partial charge < -0.3 is 9.30 Å². The summed E-state index contributed by atoms with van der Waals surface area (Å²) in [5.41, 5.74) is 0.767. The van der Waals surface area contributed by atoms with Crippen molar-refractivity contribution in [1.29, 1.82) is 0 Å². The van der Waals surface area contributed by atoms with Crippen molar-refractivity contribution >= 4 is 43.5 Å². The van der Waals surface area contributed by atoms with Crippen LogP contribution in [-0.4, -0.2) is 55.1 Å².